The van der Waals surface area contributed by atoms with Crippen molar-refractivity contribution in [3.8, 4) is 0 Å². The zero-order valence-electron chi connectivity index (χ0n) is 7.29. The van der Waals surface area contributed by atoms with E-state index in [9.17, 15) is 0 Å². The summed E-state index contributed by atoms with van der Waals surface area (Å²) in [6, 6.07) is 1.55. The first-order chi connectivity index (χ1) is 6.57. The Bertz CT molecular complexity index is 331. The fourth-order valence-corrected chi connectivity index (χ4v) is 2.13. The molecule has 0 saturated carbocycles. The summed E-state index contributed by atoms with van der Waals surface area (Å²) in [6.07, 6.45) is 3.28. The van der Waals surface area contributed by atoms with E-state index < -0.39 is 0 Å². The van der Waals surface area contributed by atoms with Gasteiger partial charge in [0, 0.05) is 0 Å². The normalized spacial score (nSPS) is 10.3. The summed E-state index contributed by atoms with van der Waals surface area (Å²) in [5.74, 6) is 0. The molecule has 0 nitrogen and oxygen atoms in total. The molecule has 0 saturated heterocycles. The molecule has 76 valence electrons. The van der Waals surface area contributed by atoms with Crippen LogP contribution >= 0.6 is 46.4 Å². The van der Waals surface area contributed by atoms with Crippen LogP contribution < -0.4 is 0 Å². The van der Waals surface area contributed by atoms with Gasteiger partial charge < -0.3 is 0 Å². The first-order valence-corrected chi connectivity index (χ1v) is 5.52. The molecule has 0 N–H and O–H groups in total. The van der Waals surface area contributed by atoms with Gasteiger partial charge in [-0.1, -0.05) is 52.5 Å². The highest BCUT2D eigenvalue weighted by Crippen LogP contribution is 2.37. The molecule has 0 aliphatic heterocycles. The van der Waals surface area contributed by atoms with Crippen LogP contribution in [-0.2, 0) is 6.42 Å². The maximum absolute atomic E-state index is 6.00. The SMILES string of the molecule is C=CCCc1c(Cl)c(Cl)cc(Cl)c1Cl. The van der Waals surface area contributed by atoms with Crippen molar-refractivity contribution in [1.29, 1.82) is 0 Å². The lowest BCUT2D eigenvalue weighted by molar-refractivity contribution is 1.00. The zero-order valence-corrected chi connectivity index (χ0v) is 10.3. The molecule has 0 aromatic heterocycles. The monoisotopic (exact) mass is 268 g/mol. The van der Waals surface area contributed by atoms with Crippen molar-refractivity contribution >= 4 is 46.4 Å². The summed E-state index contributed by atoms with van der Waals surface area (Å²) >= 11 is 23.7. The fourth-order valence-electron chi connectivity index (χ4n) is 1.09. The summed E-state index contributed by atoms with van der Waals surface area (Å²) in [6.45, 7) is 3.63. The van der Waals surface area contributed by atoms with Crippen LogP contribution in [-0.4, -0.2) is 0 Å². The Balaban J connectivity index is 3.17. The van der Waals surface area contributed by atoms with Gasteiger partial charge in [-0.15, -0.1) is 6.58 Å². The van der Waals surface area contributed by atoms with Gasteiger partial charge in [-0.2, -0.15) is 0 Å². The first kappa shape index (κ1) is 12.2. The van der Waals surface area contributed by atoms with Crippen LogP contribution in [0.1, 0.15) is 12.0 Å². The van der Waals surface area contributed by atoms with E-state index in [-0.39, 0.29) is 0 Å². The lowest BCUT2D eigenvalue weighted by Gasteiger charge is -2.08. The average Bonchev–Trinajstić information content (AvgIpc) is 2.15. The van der Waals surface area contributed by atoms with Crippen molar-refractivity contribution in [2.45, 2.75) is 12.8 Å². The number of rotatable bonds is 3. The molecule has 0 radical (unpaired) electrons. The predicted octanol–water partition coefficient (Wildman–Crippen LogP) is 5.42. The van der Waals surface area contributed by atoms with Crippen LogP contribution in [0.2, 0.25) is 20.1 Å². The molecule has 1 aromatic rings. The molecular formula is C10H8Cl4. The maximum atomic E-state index is 6.00. The molecule has 0 aliphatic carbocycles. The molecular weight excluding hydrogens is 262 g/mol. The minimum Gasteiger partial charge on any atom is -0.103 e. The summed E-state index contributed by atoms with van der Waals surface area (Å²) in [4.78, 5) is 0. The molecule has 4 heteroatoms. The Labute approximate surface area is 103 Å². The molecule has 0 fully saturated rings. The maximum Gasteiger partial charge on any atom is 0.0640 e. The highest BCUT2D eigenvalue weighted by Gasteiger charge is 2.12. The highest BCUT2D eigenvalue weighted by atomic mass is 35.5. The number of benzene rings is 1. The second kappa shape index (κ2) is 5.27. The van der Waals surface area contributed by atoms with Crippen LogP contribution in [0, 0.1) is 0 Å². The van der Waals surface area contributed by atoms with Crippen LogP contribution in [0.4, 0.5) is 0 Å². The lowest BCUT2D eigenvalue weighted by Crippen LogP contribution is -1.89. The molecule has 0 atom stereocenters. The van der Waals surface area contributed by atoms with E-state index in [0.717, 1.165) is 12.0 Å². The molecule has 14 heavy (non-hydrogen) atoms. The number of hydrogen-bond donors (Lipinski definition) is 0. The van der Waals surface area contributed by atoms with E-state index in [0.29, 0.717) is 26.5 Å². The van der Waals surface area contributed by atoms with Crippen LogP contribution in [0.15, 0.2) is 18.7 Å². The quantitative estimate of drug-likeness (QED) is 0.508. The Hall–Kier alpha value is 0.120. The van der Waals surface area contributed by atoms with Crippen molar-refractivity contribution < 1.29 is 0 Å². The summed E-state index contributed by atoms with van der Waals surface area (Å²) in [5.41, 5.74) is 0.783. The van der Waals surface area contributed by atoms with Gasteiger partial charge in [-0.3, -0.25) is 0 Å². The Morgan fingerprint density at radius 2 is 1.57 bits per heavy atom. The molecule has 0 amide bonds. The molecule has 0 aliphatic rings. The summed E-state index contributed by atoms with van der Waals surface area (Å²) < 4.78 is 0. The fraction of sp³-hybridized carbons (Fsp3) is 0.200. The van der Waals surface area contributed by atoms with Gasteiger partial charge in [0.05, 0.1) is 20.1 Å². The van der Waals surface area contributed by atoms with Crippen LogP contribution in [0.25, 0.3) is 0 Å². The van der Waals surface area contributed by atoms with Gasteiger partial charge in [0.15, 0.2) is 0 Å². The molecule has 0 unspecified atom stereocenters. The predicted molar refractivity (Wildman–Crippen MR) is 65.0 cm³/mol. The van der Waals surface area contributed by atoms with Crippen LogP contribution in [0.5, 0.6) is 0 Å². The third kappa shape index (κ3) is 2.58. The minimum atomic E-state index is 0.431. The van der Waals surface area contributed by atoms with Gasteiger partial charge >= 0.3 is 0 Å². The van der Waals surface area contributed by atoms with Crippen molar-refractivity contribution in [3.63, 3.8) is 0 Å². The smallest absolute Gasteiger partial charge is 0.0640 e. The molecule has 1 aromatic carbocycles. The van der Waals surface area contributed by atoms with E-state index in [1.165, 1.54) is 0 Å². The second-order valence-corrected chi connectivity index (χ2v) is 4.34. The van der Waals surface area contributed by atoms with E-state index in [4.69, 9.17) is 46.4 Å². The summed E-state index contributed by atoms with van der Waals surface area (Å²) in [5, 5.41) is 1.81. The first-order valence-electron chi connectivity index (χ1n) is 4.00. The molecule has 0 heterocycles. The highest BCUT2D eigenvalue weighted by molar-refractivity contribution is 6.48. The largest absolute Gasteiger partial charge is 0.103 e. The Morgan fingerprint density at radius 1 is 1.07 bits per heavy atom. The lowest BCUT2D eigenvalue weighted by atomic mass is 10.1. The van der Waals surface area contributed by atoms with E-state index in [2.05, 4.69) is 6.58 Å². The Morgan fingerprint density at radius 3 is 2.00 bits per heavy atom. The second-order valence-electron chi connectivity index (χ2n) is 2.77. The van der Waals surface area contributed by atoms with Crippen molar-refractivity contribution in [2.24, 2.45) is 0 Å². The third-order valence-electron chi connectivity index (χ3n) is 1.80. The summed E-state index contributed by atoms with van der Waals surface area (Å²) in [7, 11) is 0. The van der Waals surface area contributed by atoms with Crippen molar-refractivity contribution in [1.82, 2.24) is 0 Å². The molecule has 0 spiro atoms. The van der Waals surface area contributed by atoms with E-state index >= 15 is 0 Å². The van der Waals surface area contributed by atoms with Gasteiger partial charge in [0.2, 0.25) is 0 Å². The van der Waals surface area contributed by atoms with Gasteiger partial charge in [-0.25, -0.2) is 0 Å². The standard InChI is InChI=1S/C10H8Cl4/c1-2-3-4-6-9(13)7(11)5-8(12)10(6)14/h2,5H,1,3-4H2. The minimum absolute atomic E-state index is 0.431. The van der Waals surface area contributed by atoms with E-state index in [1.54, 1.807) is 12.1 Å². The van der Waals surface area contributed by atoms with Gasteiger partial charge in [0.25, 0.3) is 0 Å². The van der Waals surface area contributed by atoms with Crippen LogP contribution in [0.3, 0.4) is 0 Å². The van der Waals surface area contributed by atoms with Gasteiger partial charge in [0.1, 0.15) is 0 Å². The van der Waals surface area contributed by atoms with Gasteiger partial charge in [-0.05, 0) is 24.5 Å². The Kier molecular flexibility index (Phi) is 4.59. The number of halogens is 4. The van der Waals surface area contributed by atoms with E-state index in [1.807, 2.05) is 0 Å². The number of allylic oxidation sites excluding steroid dienone is 1. The average molecular weight is 270 g/mol. The number of hydrogen-bond acceptors (Lipinski definition) is 0. The molecule has 1 rings (SSSR count). The zero-order chi connectivity index (χ0) is 10.7. The molecule has 0 bridgehead atoms. The third-order valence-corrected chi connectivity index (χ3v) is 3.45. The topological polar surface area (TPSA) is 0 Å². The van der Waals surface area contributed by atoms with Crippen molar-refractivity contribution in [2.75, 3.05) is 0 Å². The van der Waals surface area contributed by atoms with Crippen molar-refractivity contribution in [3.05, 3.63) is 44.4 Å².